The molecule has 0 aromatic heterocycles. The Bertz CT molecular complexity index is 264. The topological polar surface area (TPSA) is 32.3 Å². The van der Waals surface area contributed by atoms with E-state index < -0.39 is 0 Å². The minimum Gasteiger partial charge on any atom is -0.393 e. The summed E-state index contributed by atoms with van der Waals surface area (Å²) < 4.78 is 0. The van der Waals surface area contributed by atoms with Gasteiger partial charge in [-0.1, -0.05) is 27.2 Å². The van der Waals surface area contributed by atoms with Crippen molar-refractivity contribution in [3.8, 4) is 0 Å². The van der Waals surface area contributed by atoms with Gasteiger partial charge in [0, 0.05) is 5.41 Å². The maximum absolute atomic E-state index is 10.4. The summed E-state index contributed by atoms with van der Waals surface area (Å²) in [6, 6.07) is 0. The highest BCUT2D eigenvalue weighted by molar-refractivity contribution is 5.12. The number of rotatable bonds is 6. The summed E-state index contributed by atoms with van der Waals surface area (Å²) in [7, 11) is 0. The zero-order chi connectivity index (χ0) is 12.5. The molecule has 0 spiro atoms. The number of hydrogen-bond acceptors (Lipinski definition) is 2. The molecule has 2 nitrogen and oxygen atoms in total. The van der Waals surface area contributed by atoms with Crippen LogP contribution in [0, 0.1) is 16.7 Å². The van der Waals surface area contributed by atoms with Crippen molar-refractivity contribution >= 4 is 0 Å². The van der Waals surface area contributed by atoms with Crippen LogP contribution in [-0.4, -0.2) is 24.3 Å². The summed E-state index contributed by atoms with van der Waals surface area (Å²) in [5, 5.41) is 13.9. The number of aliphatic hydroxyl groups excluding tert-OH is 1. The fraction of sp³-hybridized carbons (Fsp3) is 1.00. The van der Waals surface area contributed by atoms with Gasteiger partial charge < -0.3 is 10.4 Å². The molecule has 0 unspecified atom stereocenters. The SMILES string of the molecule is CCCCNCC[C@@]12CC[C@H](C[C@H]1O)C2(C)C. The lowest BCUT2D eigenvalue weighted by Gasteiger charge is -2.40. The fourth-order valence-electron chi connectivity index (χ4n) is 4.38. The summed E-state index contributed by atoms with van der Waals surface area (Å²) in [6.45, 7) is 9.20. The second kappa shape index (κ2) is 4.89. The van der Waals surface area contributed by atoms with Crippen LogP contribution in [-0.2, 0) is 0 Å². The zero-order valence-electron chi connectivity index (χ0n) is 11.8. The molecule has 0 amide bonds. The van der Waals surface area contributed by atoms with Gasteiger partial charge in [-0.05, 0) is 56.5 Å². The van der Waals surface area contributed by atoms with Gasteiger partial charge in [0.25, 0.3) is 0 Å². The Morgan fingerprint density at radius 1 is 1.29 bits per heavy atom. The molecule has 2 N–H and O–H groups in total. The van der Waals surface area contributed by atoms with E-state index >= 15 is 0 Å². The average Bonchev–Trinajstić information content (AvgIpc) is 2.63. The Labute approximate surface area is 106 Å². The molecule has 100 valence electrons. The van der Waals surface area contributed by atoms with Gasteiger partial charge in [-0.3, -0.25) is 0 Å². The Kier molecular flexibility index (Phi) is 3.84. The third-order valence-corrected chi connectivity index (χ3v) is 5.84. The molecular weight excluding hydrogens is 210 g/mol. The number of nitrogens with one attached hydrogen (secondary N) is 1. The van der Waals surface area contributed by atoms with Crippen molar-refractivity contribution in [3.63, 3.8) is 0 Å². The molecule has 0 heterocycles. The highest BCUT2D eigenvalue weighted by atomic mass is 16.3. The predicted octanol–water partition coefficient (Wildman–Crippen LogP) is 2.95. The Morgan fingerprint density at radius 3 is 2.59 bits per heavy atom. The second-order valence-electron chi connectivity index (χ2n) is 6.72. The quantitative estimate of drug-likeness (QED) is 0.699. The maximum Gasteiger partial charge on any atom is 0.0605 e. The van der Waals surface area contributed by atoms with E-state index in [2.05, 4.69) is 26.1 Å². The van der Waals surface area contributed by atoms with Crippen LogP contribution in [0.4, 0.5) is 0 Å². The Hall–Kier alpha value is -0.0800. The van der Waals surface area contributed by atoms with E-state index in [-0.39, 0.29) is 11.5 Å². The number of unbranched alkanes of at least 4 members (excludes halogenated alkanes) is 1. The number of fused-ring (bicyclic) bond motifs is 2. The summed E-state index contributed by atoms with van der Waals surface area (Å²) in [5.41, 5.74) is 0.551. The summed E-state index contributed by atoms with van der Waals surface area (Å²) in [5.74, 6) is 0.758. The van der Waals surface area contributed by atoms with Gasteiger partial charge in [-0.15, -0.1) is 0 Å². The fourth-order valence-corrected chi connectivity index (χ4v) is 4.38. The first-order chi connectivity index (χ1) is 8.04. The van der Waals surface area contributed by atoms with Crippen molar-refractivity contribution in [2.75, 3.05) is 13.1 Å². The largest absolute Gasteiger partial charge is 0.393 e. The first kappa shape index (κ1) is 13.4. The van der Waals surface area contributed by atoms with Crippen LogP contribution in [0.2, 0.25) is 0 Å². The van der Waals surface area contributed by atoms with Crippen molar-refractivity contribution in [3.05, 3.63) is 0 Å². The standard InChI is InChI=1S/C15H29NO/c1-4-5-9-16-10-8-15-7-6-12(11-13(15)17)14(15,2)3/h12-13,16-17H,4-11H2,1-3H3/t12-,13-,15+/m1/s1. The third kappa shape index (κ3) is 2.04. The second-order valence-corrected chi connectivity index (χ2v) is 6.72. The molecule has 0 aliphatic heterocycles. The minimum atomic E-state index is -0.0516. The van der Waals surface area contributed by atoms with Crippen LogP contribution in [0.5, 0.6) is 0 Å². The van der Waals surface area contributed by atoms with E-state index in [1.165, 1.54) is 25.7 Å². The van der Waals surface area contributed by atoms with Crippen LogP contribution in [0.15, 0.2) is 0 Å². The first-order valence-electron chi connectivity index (χ1n) is 7.43. The lowest BCUT2D eigenvalue weighted by Crippen LogP contribution is -2.41. The van der Waals surface area contributed by atoms with Gasteiger partial charge >= 0.3 is 0 Å². The molecule has 2 aliphatic rings. The molecule has 2 aliphatic carbocycles. The predicted molar refractivity (Wildman–Crippen MR) is 72.0 cm³/mol. The molecule has 2 saturated carbocycles. The van der Waals surface area contributed by atoms with E-state index in [4.69, 9.17) is 0 Å². The van der Waals surface area contributed by atoms with Crippen molar-refractivity contribution in [2.24, 2.45) is 16.7 Å². The maximum atomic E-state index is 10.4. The van der Waals surface area contributed by atoms with Crippen molar-refractivity contribution in [1.29, 1.82) is 0 Å². The molecule has 0 aromatic rings. The molecular formula is C15H29NO. The zero-order valence-corrected chi connectivity index (χ0v) is 11.8. The minimum absolute atomic E-state index is 0.0516. The Balaban J connectivity index is 1.89. The molecule has 0 radical (unpaired) electrons. The number of aliphatic hydroxyl groups is 1. The summed E-state index contributed by atoms with van der Waals surface area (Å²) in [4.78, 5) is 0. The van der Waals surface area contributed by atoms with Gasteiger partial charge in [-0.2, -0.15) is 0 Å². The molecule has 2 bridgehead atoms. The Morgan fingerprint density at radius 2 is 2.06 bits per heavy atom. The number of hydrogen-bond donors (Lipinski definition) is 2. The van der Waals surface area contributed by atoms with Crippen molar-refractivity contribution < 1.29 is 5.11 Å². The third-order valence-electron chi connectivity index (χ3n) is 5.84. The normalized spacial score (nSPS) is 38.8. The van der Waals surface area contributed by atoms with Gasteiger partial charge in [0.15, 0.2) is 0 Å². The first-order valence-corrected chi connectivity index (χ1v) is 7.43. The summed E-state index contributed by atoms with van der Waals surface area (Å²) >= 11 is 0. The van der Waals surface area contributed by atoms with Crippen LogP contribution < -0.4 is 5.32 Å². The van der Waals surface area contributed by atoms with E-state index in [9.17, 15) is 5.11 Å². The molecule has 2 rings (SSSR count). The molecule has 17 heavy (non-hydrogen) atoms. The lowest BCUT2D eigenvalue weighted by molar-refractivity contribution is -0.00969. The monoisotopic (exact) mass is 239 g/mol. The van der Waals surface area contributed by atoms with Crippen molar-refractivity contribution in [2.45, 2.75) is 65.4 Å². The van der Waals surface area contributed by atoms with E-state index in [0.717, 1.165) is 31.8 Å². The molecule has 2 fully saturated rings. The van der Waals surface area contributed by atoms with E-state index in [0.29, 0.717) is 5.41 Å². The van der Waals surface area contributed by atoms with Crippen LogP contribution in [0.3, 0.4) is 0 Å². The van der Waals surface area contributed by atoms with Crippen LogP contribution >= 0.6 is 0 Å². The van der Waals surface area contributed by atoms with Crippen LogP contribution in [0.25, 0.3) is 0 Å². The summed E-state index contributed by atoms with van der Waals surface area (Å²) in [6.07, 6.45) is 7.24. The van der Waals surface area contributed by atoms with Crippen molar-refractivity contribution in [1.82, 2.24) is 5.32 Å². The van der Waals surface area contributed by atoms with Crippen LogP contribution in [0.1, 0.15) is 59.3 Å². The molecule has 2 heteroatoms. The average molecular weight is 239 g/mol. The van der Waals surface area contributed by atoms with Gasteiger partial charge in [0.2, 0.25) is 0 Å². The highest BCUT2D eigenvalue weighted by Crippen LogP contribution is 2.67. The van der Waals surface area contributed by atoms with E-state index in [1.807, 2.05) is 0 Å². The molecule has 0 saturated heterocycles. The van der Waals surface area contributed by atoms with E-state index in [1.54, 1.807) is 0 Å². The molecule has 0 aromatic carbocycles. The van der Waals surface area contributed by atoms with Gasteiger partial charge in [-0.25, -0.2) is 0 Å². The smallest absolute Gasteiger partial charge is 0.0605 e. The van der Waals surface area contributed by atoms with Gasteiger partial charge in [0.1, 0.15) is 0 Å². The highest BCUT2D eigenvalue weighted by Gasteiger charge is 2.62. The molecule has 3 atom stereocenters. The lowest BCUT2D eigenvalue weighted by atomic mass is 9.66. The van der Waals surface area contributed by atoms with Gasteiger partial charge in [0.05, 0.1) is 6.10 Å².